The summed E-state index contributed by atoms with van der Waals surface area (Å²) >= 11 is 0. The Balaban J connectivity index is 1.45. The SMILES string of the molecule is COCC1=C2[C@@H](CC/C(=C/c3cc(C)c(O)c(C)c3)c3ccccn3)OC[C@@H]2[C@@H]2C(=O)N(C)C(=O)[C@@H]2C1. The van der Waals surface area contributed by atoms with Crippen molar-refractivity contribution in [2.75, 3.05) is 27.4 Å². The number of phenols is 1. The topological polar surface area (TPSA) is 89.0 Å². The van der Waals surface area contributed by atoms with Gasteiger partial charge in [0.25, 0.3) is 0 Å². The highest BCUT2D eigenvalue weighted by atomic mass is 16.5. The maximum atomic E-state index is 13.0. The van der Waals surface area contributed by atoms with Gasteiger partial charge in [0.15, 0.2) is 0 Å². The minimum absolute atomic E-state index is 0.0834. The van der Waals surface area contributed by atoms with Crippen LogP contribution in [0.3, 0.4) is 0 Å². The maximum Gasteiger partial charge on any atom is 0.233 e. The molecule has 3 heterocycles. The van der Waals surface area contributed by atoms with Crippen molar-refractivity contribution < 1.29 is 24.2 Å². The lowest BCUT2D eigenvalue weighted by Gasteiger charge is -2.31. The fraction of sp³-hybridized carbons (Fsp3) is 0.433. The number of hydrogen-bond acceptors (Lipinski definition) is 6. The van der Waals surface area contributed by atoms with Gasteiger partial charge in [0.2, 0.25) is 11.8 Å². The molecular formula is C30H34N2O5. The van der Waals surface area contributed by atoms with Gasteiger partial charge in [-0.2, -0.15) is 0 Å². The number of benzene rings is 1. The van der Waals surface area contributed by atoms with E-state index in [0.29, 0.717) is 25.4 Å². The molecule has 0 radical (unpaired) electrons. The monoisotopic (exact) mass is 502 g/mol. The van der Waals surface area contributed by atoms with Crippen LogP contribution < -0.4 is 0 Å². The van der Waals surface area contributed by atoms with Crippen LogP contribution >= 0.6 is 0 Å². The van der Waals surface area contributed by atoms with E-state index in [1.807, 2.05) is 44.2 Å². The van der Waals surface area contributed by atoms with E-state index in [1.54, 1.807) is 20.4 Å². The van der Waals surface area contributed by atoms with E-state index in [0.717, 1.165) is 51.9 Å². The van der Waals surface area contributed by atoms with Gasteiger partial charge in [-0.25, -0.2) is 0 Å². The second kappa shape index (κ2) is 10.2. The number of aromatic hydroxyl groups is 1. The number of phenolic OH excluding ortho intramolecular Hbond substituents is 1. The zero-order valence-electron chi connectivity index (χ0n) is 21.9. The number of amides is 2. The summed E-state index contributed by atoms with van der Waals surface area (Å²) in [5.74, 6) is -0.604. The lowest BCUT2D eigenvalue weighted by Crippen LogP contribution is -2.34. The number of methoxy groups -OCH3 is 1. The highest BCUT2D eigenvalue weighted by Crippen LogP contribution is 2.49. The molecular weight excluding hydrogens is 468 g/mol. The van der Waals surface area contributed by atoms with Crippen molar-refractivity contribution in [2.45, 2.75) is 39.2 Å². The Labute approximate surface area is 217 Å². The van der Waals surface area contributed by atoms with Gasteiger partial charge in [0, 0.05) is 26.3 Å². The summed E-state index contributed by atoms with van der Waals surface area (Å²) < 4.78 is 11.8. The van der Waals surface area contributed by atoms with Crippen LogP contribution in [0.25, 0.3) is 11.6 Å². The Kier molecular flexibility index (Phi) is 7.01. The van der Waals surface area contributed by atoms with E-state index in [9.17, 15) is 14.7 Å². The van der Waals surface area contributed by atoms with E-state index in [4.69, 9.17) is 9.47 Å². The zero-order valence-corrected chi connectivity index (χ0v) is 21.9. The minimum Gasteiger partial charge on any atom is -0.507 e. The number of carbonyl (C=O) groups is 2. The first-order valence-corrected chi connectivity index (χ1v) is 12.9. The average molecular weight is 503 g/mol. The number of rotatable bonds is 7. The summed E-state index contributed by atoms with van der Waals surface area (Å²) in [4.78, 5) is 31.6. The van der Waals surface area contributed by atoms with Crippen LogP contribution in [0.5, 0.6) is 5.75 Å². The second-order valence-electron chi connectivity index (χ2n) is 10.4. The molecule has 0 spiro atoms. The number of aromatic nitrogens is 1. The normalized spacial score (nSPS) is 25.6. The molecule has 0 bridgehead atoms. The van der Waals surface area contributed by atoms with E-state index in [2.05, 4.69) is 11.1 Å². The molecule has 7 nitrogen and oxygen atoms in total. The Morgan fingerprint density at radius 3 is 2.62 bits per heavy atom. The summed E-state index contributed by atoms with van der Waals surface area (Å²) in [5.41, 5.74) is 6.90. The van der Waals surface area contributed by atoms with Gasteiger partial charge in [-0.05, 0) is 96.9 Å². The third kappa shape index (κ3) is 4.62. The molecule has 2 fully saturated rings. The highest BCUT2D eigenvalue weighted by molar-refractivity contribution is 6.05. The van der Waals surface area contributed by atoms with Gasteiger partial charge in [0.05, 0.1) is 36.8 Å². The number of carbonyl (C=O) groups excluding carboxylic acids is 2. The van der Waals surface area contributed by atoms with Crippen molar-refractivity contribution in [3.8, 4) is 5.75 Å². The van der Waals surface area contributed by atoms with Crippen molar-refractivity contribution in [2.24, 2.45) is 17.8 Å². The fourth-order valence-electron chi connectivity index (χ4n) is 6.32. The molecule has 1 aliphatic carbocycles. The second-order valence-corrected chi connectivity index (χ2v) is 10.4. The van der Waals surface area contributed by atoms with Gasteiger partial charge >= 0.3 is 0 Å². The van der Waals surface area contributed by atoms with Gasteiger partial charge < -0.3 is 14.6 Å². The number of hydrogen-bond donors (Lipinski definition) is 1. The van der Waals surface area contributed by atoms with Gasteiger partial charge in [-0.3, -0.25) is 19.5 Å². The molecule has 1 aromatic heterocycles. The number of ether oxygens (including phenoxy) is 2. The molecule has 1 N–H and O–H groups in total. The lowest BCUT2D eigenvalue weighted by molar-refractivity contribution is -0.138. The van der Waals surface area contributed by atoms with Gasteiger partial charge in [-0.15, -0.1) is 0 Å². The minimum atomic E-state index is -0.341. The standard InChI is InChI=1S/C30H34N2O5/c1-17-11-19(12-18(2)28(17)33)13-20(24-7-5-6-10-31-24)8-9-25-26-21(15-36-4)14-22-27(23(26)16-37-25)30(35)32(3)29(22)34/h5-7,10-13,22-23,25,27,33H,8-9,14-16H2,1-4H3/b20-13-/t22-,23+,25-,27-/m1/s1. The molecule has 4 atom stereocenters. The summed E-state index contributed by atoms with van der Waals surface area (Å²) in [6, 6.07) is 9.84. The van der Waals surface area contributed by atoms with Crippen molar-refractivity contribution >= 4 is 23.5 Å². The van der Waals surface area contributed by atoms with Crippen molar-refractivity contribution in [3.63, 3.8) is 0 Å². The summed E-state index contributed by atoms with van der Waals surface area (Å²) in [7, 11) is 3.25. The quantitative estimate of drug-likeness (QED) is 0.448. The van der Waals surface area contributed by atoms with E-state index >= 15 is 0 Å². The number of pyridine rings is 1. The van der Waals surface area contributed by atoms with Gasteiger partial charge in [-0.1, -0.05) is 6.07 Å². The molecule has 1 aromatic carbocycles. The van der Waals surface area contributed by atoms with Gasteiger partial charge in [0.1, 0.15) is 5.75 Å². The first-order chi connectivity index (χ1) is 17.8. The van der Waals surface area contributed by atoms with E-state index in [-0.39, 0.29) is 35.7 Å². The Morgan fingerprint density at radius 2 is 1.95 bits per heavy atom. The van der Waals surface area contributed by atoms with Crippen LogP contribution in [0.15, 0.2) is 47.7 Å². The summed E-state index contributed by atoms with van der Waals surface area (Å²) in [5, 5.41) is 10.2. The number of nitrogens with zero attached hydrogens (tertiary/aromatic N) is 2. The Bertz CT molecular complexity index is 1260. The average Bonchev–Trinajstić information content (AvgIpc) is 3.41. The molecule has 2 saturated heterocycles. The van der Waals surface area contributed by atoms with Crippen molar-refractivity contribution in [1.82, 2.24) is 9.88 Å². The number of aryl methyl sites for hydroxylation is 2. The fourth-order valence-corrected chi connectivity index (χ4v) is 6.32. The number of likely N-dealkylation sites (tertiary alicyclic amines) is 1. The lowest BCUT2D eigenvalue weighted by atomic mass is 9.69. The molecule has 5 rings (SSSR count). The predicted molar refractivity (Wildman–Crippen MR) is 140 cm³/mol. The Hall–Kier alpha value is -3.29. The molecule has 3 aliphatic rings. The van der Waals surface area contributed by atoms with Crippen LogP contribution in [-0.4, -0.2) is 60.3 Å². The summed E-state index contributed by atoms with van der Waals surface area (Å²) in [6.07, 6.45) is 5.78. The van der Waals surface area contributed by atoms with Crippen LogP contribution in [0, 0.1) is 31.6 Å². The third-order valence-corrected chi connectivity index (χ3v) is 8.07. The van der Waals surface area contributed by atoms with E-state index in [1.165, 1.54) is 4.90 Å². The molecule has 2 aromatic rings. The Morgan fingerprint density at radius 1 is 1.19 bits per heavy atom. The van der Waals surface area contributed by atoms with Crippen molar-refractivity contribution in [3.05, 3.63) is 70.1 Å². The van der Waals surface area contributed by atoms with Crippen LogP contribution in [0.4, 0.5) is 0 Å². The predicted octanol–water partition coefficient (Wildman–Crippen LogP) is 4.32. The molecule has 194 valence electrons. The number of imide groups is 1. The number of allylic oxidation sites excluding steroid dienone is 1. The largest absolute Gasteiger partial charge is 0.507 e. The zero-order chi connectivity index (χ0) is 26.3. The highest BCUT2D eigenvalue weighted by Gasteiger charge is 2.56. The molecule has 7 heteroatoms. The first kappa shape index (κ1) is 25.4. The smallest absolute Gasteiger partial charge is 0.233 e. The van der Waals surface area contributed by atoms with Crippen molar-refractivity contribution in [1.29, 1.82) is 0 Å². The third-order valence-electron chi connectivity index (χ3n) is 8.07. The first-order valence-electron chi connectivity index (χ1n) is 12.9. The van der Waals surface area contributed by atoms with Crippen LogP contribution in [0.2, 0.25) is 0 Å². The molecule has 2 amide bonds. The number of fused-ring (bicyclic) bond motifs is 3. The molecule has 0 saturated carbocycles. The van der Waals surface area contributed by atoms with Crippen LogP contribution in [-0.2, 0) is 19.1 Å². The summed E-state index contributed by atoms with van der Waals surface area (Å²) in [6.45, 7) is 4.69. The molecule has 37 heavy (non-hydrogen) atoms. The van der Waals surface area contributed by atoms with E-state index < -0.39 is 0 Å². The molecule has 0 unspecified atom stereocenters. The maximum absolute atomic E-state index is 13.0. The van der Waals surface area contributed by atoms with Crippen LogP contribution in [0.1, 0.15) is 41.6 Å². The molecule has 2 aliphatic heterocycles.